The number of aromatic nitrogens is 2. The van der Waals surface area contributed by atoms with E-state index in [1.54, 1.807) is 17.0 Å². The highest BCUT2D eigenvalue weighted by atomic mass is 35.5. The van der Waals surface area contributed by atoms with Gasteiger partial charge in [0.15, 0.2) is 5.15 Å². The van der Waals surface area contributed by atoms with Crippen LogP contribution in [-0.4, -0.2) is 23.9 Å². The summed E-state index contributed by atoms with van der Waals surface area (Å²) in [6.45, 7) is 0. The van der Waals surface area contributed by atoms with E-state index in [1.165, 1.54) is 10.7 Å². The summed E-state index contributed by atoms with van der Waals surface area (Å²) in [5, 5.41) is 4.40. The van der Waals surface area contributed by atoms with Crippen LogP contribution in [0.1, 0.15) is 0 Å². The van der Waals surface area contributed by atoms with Crippen molar-refractivity contribution in [2.75, 3.05) is 19.0 Å². The van der Waals surface area contributed by atoms with Gasteiger partial charge in [-0.1, -0.05) is 29.8 Å². The van der Waals surface area contributed by atoms with Gasteiger partial charge in [0, 0.05) is 20.2 Å². The number of hydrogen-bond donors (Lipinski definition) is 0. The van der Waals surface area contributed by atoms with Crippen LogP contribution in [0.25, 0.3) is 5.69 Å². The van der Waals surface area contributed by atoms with Crippen molar-refractivity contribution in [3.05, 3.63) is 51.9 Å². The summed E-state index contributed by atoms with van der Waals surface area (Å²) in [6.07, 6.45) is 0. The van der Waals surface area contributed by atoms with Gasteiger partial charge in [0.25, 0.3) is 5.56 Å². The second-order valence-corrected chi connectivity index (χ2v) is 4.16. The molecule has 0 atom stereocenters. The van der Waals surface area contributed by atoms with Crippen LogP contribution >= 0.6 is 11.6 Å². The molecular weight excluding hydrogens is 238 g/mol. The van der Waals surface area contributed by atoms with Gasteiger partial charge >= 0.3 is 0 Å². The Morgan fingerprint density at radius 1 is 1.24 bits per heavy atom. The smallest absolute Gasteiger partial charge is 0.273 e. The van der Waals surface area contributed by atoms with E-state index in [0.717, 1.165) is 0 Å². The summed E-state index contributed by atoms with van der Waals surface area (Å²) in [7, 11) is 3.63. The van der Waals surface area contributed by atoms with Crippen LogP contribution in [-0.2, 0) is 0 Å². The van der Waals surface area contributed by atoms with Crippen molar-refractivity contribution in [1.82, 2.24) is 9.78 Å². The van der Waals surface area contributed by atoms with Crippen molar-refractivity contribution in [2.45, 2.75) is 0 Å². The quantitative estimate of drug-likeness (QED) is 0.817. The molecule has 0 radical (unpaired) electrons. The minimum Gasteiger partial charge on any atom is -0.375 e. The zero-order valence-electron chi connectivity index (χ0n) is 9.59. The molecule has 1 aromatic carbocycles. The standard InChI is InChI=1S/C12H12ClN3O/c1-15(2)10-8-11(17)16(14-12(10)13)9-6-4-3-5-7-9/h3-8H,1-2H3. The van der Waals surface area contributed by atoms with Crippen LogP contribution in [0.3, 0.4) is 0 Å². The summed E-state index contributed by atoms with van der Waals surface area (Å²) in [5.41, 5.74) is 1.11. The Morgan fingerprint density at radius 3 is 2.47 bits per heavy atom. The van der Waals surface area contributed by atoms with Gasteiger partial charge in [-0.2, -0.15) is 9.78 Å². The van der Waals surface area contributed by atoms with E-state index in [0.29, 0.717) is 16.5 Å². The lowest BCUT2D eigenvalue weighted by atomic mass is 10.3. The van der Waals surface area contributed by atoms with Gasteiger partial charge < -0.3 is 4.90 Å². The second-order valence-electron chi connectivity index (χ2n) is 3.80. The molecule has 0 bridgehead atoms. The highest BCUT2D eigenvalue weighted by Gasteiger charge is 2.09. The normalized spacial score (nSPS) is 10.3. The molecule has 0 aliphatic rings. The lowest BCUT2D eigenvalue weighted by Gasteiger charge is -2.14. The molecule has 0 unspecified atom stereocenters. The van der Waals surface area contributed by atoms with Crippen molar-refractivity contribution in [1.29, 1.82) is 0 Å². The van der Waals surface area contributed by atoms with Crippen LogP contribution in [0.5, 0.6) is 0 Å². The third kappa shape index (κ3) is 2.31. The molecule has 4 nitrogen and oxygen atoms in total. The van der Waals surface area contributed by atoms with Crippen molar-refractivity contribution >= 4 is 17.3 Å². The molecule has 0 spiro atoms. The van der Waals surface area contributed by atoms with E-state index in [9.17, 15) is 4.79 Å². The lowest BCUT2D eigenvalue weighted by molar-refractivity contribution is 0.804. The molecule has 0 aliphatic heterocycles. The van der Waals surface area contributed by atoms with E-state index in [4.69, 9.17) is 11.6 Å². The number of para-hydroxylation sites is 1. The fraction of sp³-hybridized carbons (Fsp3) is 0.167. The van der Waals surface area contributed by atoms with Crippen LogP contribution in [0.15, 0.2) is 41.2 Å². The number of rotatable bonds is 2. The Kier molecular flexibility index (Phi) is 3.15. The maximum atomic E-state index is 11.9. The van der Waals surface area contributed by atoms with Crippen molar-refractivity contribution < 1.29 is 0 Å². The summed E-state index contributed by atoms with van der Waals surface area (Å²) < 4.78 is 1.29. The summed E-state index contributed by atoms with van der Waals surface area (Å²) in [5.74, 6) is 0. The lowest BCUT2D eigenvalue weighted by Crippen LogP contribution is -2.23. The van der Waals surface area contributed by atoms with Gasteiger partial charge in [-0.15, -0.1) is 0 Å². The molecule has 1 heterocycles. The molecule has 0 fully saturated rings. The SMILES string of the molecule is CN(C)c1cc(=O)n(-c2ccccc2)nc1Cl. The second kappa shape index (κ2) is 4.59. The van der Waals surface area contributed by atoms with Crippen LogP contribution in [0, 0.1) is 0 Å². The fourth-order valence-corrected chi connectivity index (χ4v) is 1.79. The fourth-order valence-electron chi connectivity index (χ4n) is 1.49. The van der Waals surface area contributed by atoms with E-state index in [1.807, 2.05) is 32.3 Å². The molecule has 0 aliphatic carbocycles. The highest BCUT2D eigenvalue weighted by molar-refractivity contribution is 6.31. The number of halogens is 1. The topological polar surface area (TPSA) is 38.1 Å². The Hall–Kier alpha value is -1.81. The first kappa shape index (κ1) is 11.7. The molecule has 1 aromatic heterocycles. The monoisotopic (exact) mass is 249 g/mol. The minimum atomic E-state index is -0.204. The Morgan fingerprint density at radius 2 is 1.88 bits per heavy atom. The van der Waals surface area contributed by atoms with Crippen molar-refractivity contribution in [3.63, 3.8) is 0 Å². The first-order valence-electron chi connectivity index (χ1n) is 5.12. The maximum absolute atomic E-state index is 11.9. The summed E-state index contributed by atoms with van der Waals surface area (Å²) in [4.78, 5) is 13.7. The van der Waals surface area contributed by atoms with E-state index >= 15 is 0 Å². The first-order chi connectivity index (χ1) is 8.09. The largest absolute Gasteiger partial charge is 0.375 e. The molecule has 0 saturated carbocycles. The summed E-state index contributed by atoms with van der Waals surface area (Å²) in [6, 6.07) is 10.7. The van der Waals surface area contributed by atoms with Gasteiger partial charge in [-0.25, -0.2) is 0 Å². The van der Waals surface area contributed by atoms with Crippen molar-refractivity contribution in [3.8, 4) is 5.69 Å². The van der Waals surface area contributed by atoms with E-state index in [2.05, 4.69) is 5.10 Å². The average molecular weight is 250 g/mol. The third-order valence-electron chi connectivity index (χ3n) is 2.35. The van der Waals surface area contributed by atoms with Crippen LogP contribution in [0.4, 0.5) is 5.69 Å². The van der Waals surface area contributed by atoms with Gasteiger partial charge in [0.1, 0.15) is 0 Å². The molecular formula is C12H12ClN3O. The van der Waals surface area contributed by atoms with Gasteiger partial charge in [0.05, 0.1) is 11.4 Å². The van der Waals surface area contributed by atoms with Gasteiger partial charge in [-0.3, -0.25) is 4.79 Å². The molecule has 17 heavy (non-hydrogen) atoms. The van der Waals surface area contributed by atoms with Crippen LogP contribution < -0.4 is 10.5 Å². The summed E-state index contributed by atoms with van der Waals surface area (Å²) >= 11 is 6.03. The maximum Gasteiger partial charge on any atom is 0.273 e. The zero-order valence-corrected chi connectivity index (χ0v) is 10.3. The zero-order chi connectivity index (χ0) is 12.4. The van der Waals surface area contributed by atoms with E-state index < -0.39 is 0 Å². The number of benzene rings is 1. The molecule has 5 heteroatoms. The molecule has 2 rings (SSSR count). The molecule has 0 saturated heterocycles. The Balaban J connectivity index is 2.59. The third-order valence-corrected chi connectivity index (χ3v) is 2.62. The highest BCUT2D eigenvalue weighted by Crippen LogP contribution is 2.19. The molecule has 2 aromatic rings. The van der Waals surface area contributed by atoms with Crippen molar-refractivity contribution in [2.24, 2.45) is 0 Å². The predicted molar refractivity (Wildman–Crippen MR) is 69.2 cm³/mol. The minimum absolute atomic E-state index is 0.204. The predicted octanol–water partition coefficient (Wildman–Crippen LogP) is 1.95. The molecule has 0 N–H and O–H groups in total. The number of nitrogens with zero attached hydrogens (tertiary/aromatic N) is 3. The average Bonchev–Trinajstić information content (AvgIpc) is 2.32. The van der Waals surface area contributed by atoms with Gasteiger partial charge in [0.2, 0.25) is 0 Å². The van der Waals surface area contributed by atoms with Gasteiger partial charge in [-0.05, 0) is 12.1 Å². The van der Waals surface area contributed by atoms with Crippen LogP contribution in [0.2, 0.25) is 5.15 Å². The molecule has 88 valence electrons. The first-order valence-corrected chi connectivity index (χ1v) is 5.50. The Labute approximate surface area is 104 Å². The number of hydrogen-bond acceptors (Lipinski definition) is 3. The number of anilines is 1. The Bertz CT molecular complexity index is 578. The van der Waals surface area contributed by atoms with E-state index in [-0.39, 0.29) is 5.56 Å². The molecule has 0 amide bonds.